The zero-order valence-electron chi connectivity index (χ0n) is 17.4. The van der Waals surface area contributed by atoms with E-state index in [1.54, 1.807) is 24.3 Å². The number of carbonyl (C=O) groups is 1. The molecule has 1 atom stereocenters. The van der Waals surface area contributed by atoms with Gasteiger partial charge in [0.2, 0.25) is 5.76 Å². The van der Waals surface area contributed by atoms with Crippen molar-refractivity contribution in [1.29, 1.82) is 0 Å². The van der Waals surface area contributed by atoms with Gasteiger partial charge in [-0.3, -0.25) is 9.69 Å². The Kier molecular flexibility index (Phi) is 6.80. The van der Waals surface area contributed by atoms with Gasteiger partial charge in [0.25, 0.3) is 5.91 Å². The Bertz CT molecular complexity index is 959. The number of benzene rings is 2. The van der Waals surface area contributed by atoms with Crippen molar-refractivity contribution in [3.63, 3.8) is 0 Å². The fraction of sp³-hybridized carbons (Fsp3) is 0.304. The number of oxime groups is 1. The number of carbonyl (C=O) groups excluding carboxylic acids is 1. The van der Waals surface area contributed by atoms with Crippen molar-refractivity contribution in [2.45, 2.75) is 39.2 Å². The molecule has 0 spiro atoms. The Morgan fingerprint density at radius 3 is 2.23 bits per heavy atom. The first-order valence-electron chi connectivity index (χ1n) is 9.81. The van der Waals surface area contributed by atoms with Crippen LogP contribution >= 0.6 is 0 Å². The first-order chi connectivity index (χ1) is 14.6. The summed E-state index contributed by atoms with van der Waals surface area (Å²) >= 11 is 0. The summed E-state index contributed by atoms with van der Waals surface area (Å²) in [5.41, 5.74) is 3.86. The molecule has 1 aliphatic rings. The molecule has 8 heteroatoms. The van der Waals surface area contributed by atoms with Crippen molar-refractivity contribution in [1.82, 2.24) is 10.2 Å². The number of halogens is 3. The molecule has 1 heterocycles. The van der Waals surface area contributed by atoms with Gasteiger partial charge < -0.3 is 10.2 Å². The molecule has 1 amide bonds. The number of nitrogens with zero attached hydrogens (tertiary/aromatic N) is 2. The van der Waals surface area contributed by atoms with Crippen LogP contribution in [0.15, 0.2) is 66.0 Å². The maximum absolute atomic E-state index is 12.5. The number of nitrogens with one attached hydrogen (secondary N) is 1. The fourth-order valence-electron chi connectivity index (χ4n) is 3.36. The van der Waals surface area contributed by atoms with Crippen LogP contribution in [-0.2, 0) is 17.9 Å². The first-order valence-corrected chi connectivity index (χ1v) is 9.81. The van der Waals surface area contributed by atoms with Crippen molar-refractivity contribution in [2.75, 3.05) is 6.54 Å². The largest absolute Gasteiger partial charge is 0.451 e. The van der Waals surface area contributed by atoms with Gasteiger partial charge in [0, 0.05) is 31.2 Å². The Morgan fingerprint density at radius 2 is 1.68 bits per heavy atom. The summed E-state index contributed by atoms with van der Waals surface area (Å²) in [5, 5.41) is 6.43. The average molecular weight is 431 g/mol. The van der Waals surface area contributed by atoms with Gasteiger partial charge in [-0.05, 0) is 49.2 Å². The molecular weight excluding hydrogens is 407 g/mol. The molecule has 0 radical (unpaired) electrons. The molecule has 0 fully saturated rings. The maximum Gasteiger partial charge on any atom is 0.451 e. The van der Waals surface area contributed by atoms with Gasteiger partial charge in [0.15, 0.2) is 0 Å². The third-order valence-corrected chi connectivity index (χ3v) is 4.99. The highest BCUT2D eigenvalue weighted by molar-refractivity contribution is 6.00. The Hall–Kier alpha value is -3.13. The molecule has 0 aliphatic carbocycles. The monoisotopic (exact) mass is 431 g/mol. The van der Waals surface area contributed by atoms with Gasteiger partial charge in [-0.1, -0.05) is 41.6 Å². The lowest BCUT2D eigenvalue weighted by Gasteiger charge is -2.21. The second-order valence-corrected chi connectivity index (χ2v) is 7.58. The molecule has 2 aromatic carbocycles. The summed E-state index contributed by atoms with van der Waals surface area (Å²) < 4.78 is 37.2. The molecule has 0 unspecified atom stereocenters. The van der Waals surface area contributed by atoms with E-state index in [2.05, 4.69) is 38.9 Å². The van der Waals surface area contributed by atoms with E-state index >= 15 is 0 Å². The van der Waals surface area contributed by atoms with Crippen LogP contribution in [0.3, 0.4) is 0 Å². The van der Waals surface area contributed by atoms with Crippen LogP contribution in [0, 0.1) is 0 Å². The van der Waals surface area contributed by atoms with Crippen molar-refractivity contribution in [2.24, 2.45) is 5.16 Å². The summed E-state index contributed by atoms with van der Waals surface area (Å²) in [4.78, 5) is 19.1. The van der Waals surface area contributed by atoms with Crippen LogP contribution in [0.2, 0.25) is 0 Å². The van der Waals surface area contributed by atoms with E-state index in [1.807, 2.05) is 19.1 Å². The molecule has 164 valence electrons. The maximum atomic E-state index is 12.5. The Labute approximate surface area is 179 Å². The quantitative estimate of drug-likeness (QED) is 0.395. The molecule has 31 heavy (non-hydrogen) atoms. The number of hydrogen-bond donors (Lipinski definition) is 1. The highest BCUT2D eigenvalue weighted by Crippen LogP contribution is 2.25. The van der Waals surface area contributed by atoms with E-state index in [1.165, 1.54) is 18.1 Å². The van der Waals surface area contributed by atoms with Gasteiger partial charge in [-0.25, -0.2) is 0 Å². The number of rotatable bonds is 7. The number of alkyl halides is 3. The predicted molar refractivity (Wildman–Crippen MR) is 112 cm³/mol. The summed E-state index contributed by atoms with van der Waals surface area (Å²) in [6.07, 6.45) is -4.67. The zero-order chi connectivity index (χ0) is 22.6. The minimum absolute atomic E-state index is 0.0495. The molecule has 1 aliphatic heterocycles. The van der Waals surface area contributed by atoms with Gasteiger partial charge in [0.1, 0.15) is 0 Å². The van der Waals surface area contributed by atoms with E-state index < -0.39 is 11.9 Å². The lowest BCUT2D eigenvalue weighted by molar-refractivity contribution is -0.130. The van der Waals surface area contributed by atoms with E-state index in [0.29, 0.717) is 11.1 Å². The van der Waals surface area contributed by atoms with E-state index in [4.69, 9.17) is 0 Å². The Balaban J connectivity index is 1.52. The van der Waals surface area contributed by atoms with Gasteiger partial charge in [-0.2, -0.15) is 13.2 Å². The second-order valence-electron chi connectivity index (χ2n) is 7.58. The normalized spacial score (nSPS) is 15.3. The minimum atomic E-state index is -4.67. The molecular formula is C23H24F3N3O2. The van der Waals surface area contributed by atoms with Gasteiger partial charge in [0.05, 0.1) is 5.71 Å². The van der Waals surface area contributed by atoms with Crippen LogP contribution in [0.1, 0.15) is 40.9 Å². The highest BCUT2D eigenvalue weighted by atomic mass is 19.4. The third-order valence-electron chi connectivity index (χ3n) is 4.99. The molecule has 0 saturated heterocycles. The summed E-state index contributed by atoms with van der Waals surface area (Å²) in [6, 6.07) is 14.7. The third kappa shape index (κ3) is 5.95. The molecule has 1 N–H and O–H groups in total. The van der Waals surface area contributed by atoms with Crippen molar-refractivity contribution < 1.29 is 22.8 Å². The van der Waals surface area contributed by atoms with E-state index in [0.717, 1.165) is 19.6 Å². The molecule has 0 bridgehead atoms. The number of fused-ring (bicyclic) bond motifs is 1. The smallest absolute Gasteiger partial charge is 0.352 e. The molecule has 0 saturated carbocycles. The van der Waals surface area contributed by atoms with Gasteiger partial charge >= 0.3 is 6.18 Å². The van der Waals surface area contributed by atoms with E-state index in [-0.39, 0.29) is 17.7 Å². The molecule has 3 rings (SSSR count). The van der Waals surface area contributed by atoms with Crippen LogP contribution < -0.4 is 5.32 Å². The number of amides is 1. The summed E-state index contributed by atoms with van der Waals surface area (Å²) in [7, 11) is 0. The molecule has 0 aromatic heterocycles. The van der Waals surface area contributed by atoms with Crippen LogP contribution in [-0.4, -0.2) is 35.3 Å². The summed E-state index contributed by atoms with van der Waals surface area (Å²) in [5.74, 6) is -1.61. The first kappa shape index (κ1) is 22.6. The number of hydrogen-bond acceptors (Lipinski definition) is 4. The molecule has 2 aromatic rings. The fourth-order valence-corrected chi connectivity index (χ4v) is 3.36. The SMILES string of the molecule is C=C(O/N=C(\C)c1ccc(C(=O)N[C@H](C)CN2Cc3ccccc3C2)cc1)C(F)(F)F. The highest BCUT2D eigenvalue weighted by Gasteiger charge is 2.35. The average Bonchev–Trinajstić information content (AvgIpc) is 3.13. The Morgan fingerprint density at radius 1 is 1.13 bits per heavy atom. The zero-order valence-corrected chi connectivity index (χ0v) is 17.4. The van der Waals surface area contributed by atoms with Crippen molar-refractivity contribution >= 4 is 11.6 Å². The van der Waals surface area contributed by atoms with Crippen LogP contribution in [0.4, 0.5) is 13.2 Å². The second kappa shape index (κ2) is 9.34. The van der Waals surface area contributed by atoms with E-state index in [9.17, 15) is 18.0 Å². The van der Waals surface area contributed by atoms with Crippen LogP contribution in [0.25, 0.3) is 0 Å². The number of allylic oxidation sites excluding steroid dienone is 1. The predicted octanol–water partition coefficient (Wildman–Crippen LogP) is 4.64. The van der Waals surface area contributed by atoms with Crippen LogP contribution in [0.5, 0.6) is 0 Å². The minimum Gasteiger partial charge on any atom is -0.352 e. The standard InChI is InChI=1S/C23H24F3N3O2/c1-15(12-29-13-20-6-4-5-7-21(20)14-29)27-22(30)19-10-8-18(9-11-19)16(2)28-31-17(3)23(24,25)26/h4-11,15H,3,12-14H2,1-2H3,(H,27,30)/b28-16+/t15-/m1/s1. The van der Waals surface area contributed by atoms with Crippen molar-refractivity contribution in [3.05, 3.63) is 83.1 Å². The molecule has 5 nitrogen and oxygen atoms in total. The van der Waals surface area contributed by atoms with Crippen molar-refractivity contribution in [3.8, 4) is 0 Å². The lowest BCUT2D eigenvalue weighted by Crippen LogP contribution is -2.40. The summed E-state index contributed by atoms with van der Waals surface area (Å²) in [6.45, 7) is 8.72. The van der Waals surface area contributed by atoms with Gasteiger partial charge in [-0.15, -0.1) is 0 Å². The lowest BCUT2D eigenvalue weighted by atomic mass is 10.1. The topological polar surface area (TPSA) is 53.9 Å².